The molecule has 2 aromatic rings. The third-order valence-electron chi connectivity index (χ3n) is 2.85. The first-order chi connectivity index (χ1) is 8.83. The van der Waals surface area contributed by atoms with Crippen molar-refractivity contribution in [3.8, 4) is 11.1 Å². The van der Waals surface area contributed by atoms with Crippen LogP contribution in [0, 0.1) is 6.82 Å². The van der Waals surface area contributed by atoms with Crippen molar-refractivity contribution in [1.29, 1.82) is 0 Å². The molecule has 5 heteroatoms. The molecule has 3 radical (unpaired) electrons. The maximum absolute atomic E-state index is 3.74. The molecule has 0 aromatic carbocycles. The van der Waals surface area contributed by atoms with E-state index in [0.29, 0.717) is 0 Å². The van der Waals surface area contributed by atoms with Crippen molar-refractivity contribution in [2.24, 2.45) is 0 Å². The van der Waals surface area contributed by atoms with E-state index in [1.165, 1.54) is 11.1 Å². The fourth-order valence-corrected chi connectivity index (χ4v) is 1.90. The molecule has 0 aliphatic heterocycles. The maximum atomic E-state index is 3.74. The Morgan fingerprint density at radius 2 is 1.32 bits per heavy atom. The summed E-state index contributed by atoms with van der Waals surface area (Å²) in [6, 6.07) is 8.57. The number of pyridine rings is 2. The van der Waals surface area contributed by atoms with Crippen molar-refractivity contribution in [2.45, 2.75) is 19.7 Å². The molecule has 0 amide bonds. The van der Waals surface area contributed by atoms with Crippen LogP contribution in [0.2, 0.25) is 6.82 Å². The zero-order valence-corrected chi connectivity index (χ0v) is 14.2. The van der Waals surface area contributed by atoms with Crippen molar-refractivity contribution < 1.29 is 41.8 Å². The fourth-order valence-electron chi connectivity index (χ4n) is 1.90. The van der Waals surface area contributed by atoms with Crippen molar-refractivity contribution in [3.63, 3.8) is 0 Å². The van der Waals surface area contributed by atoms with Gasteiger partial charge in [0, 0.05) is 57.0 Å². The molecular formula is C14H17B2N2Y+. The Morgan fingerprint density at radius 1 is 0.895 bits per heavy atom. The van der Waals surface area contributed by atoms with Crippen LogP contribution in [0.3, 0.4) is 0 Å². The third-order valence-corrected chi connectivity index (χ3v) is 2.85. The first-order valence-corrected chi connectivity index (χ1v) is 6.21. The van der Waals surface area contributed by atoms with Crippen LogP contribution in [0.15, 0.2) is 49.1 Å². The summed E-state index contributed by atoms with van der Waals surface area (Å²) >= 11 is 0. The van der Waals surface area contributed by atoms with Crippen LogP contribution in [0.1, 0.15) is 0 Å². The van der Waals surface area contributed by atoms with Crippen LogP contribution < -0.4 is 9.13 Å². The van der Waals surface area contributed by atoms with E-state index in [1.54, 1.807) is 0 Å². The average molecular weight is 324 g/mol. The molecule has 0 N–H and O–H groups in total. The van der Waals surface area contributed by atoms with E-state index in [1.807, 2.05) is 7.28 Å². The number of hydrogen-bond acceptors (Lipinski definition) is 0. The molecule has 19 heavy (non-hydrogen) atoms. The molecule has 0 saturated carbocycles. The van der Waals surface area contributed by atoms with Crippen molar-refractivity contribution in [1.82, 2.24) is 0 Å². The van der Waals surface area contributed by atoms with Crippen molar-refractivity contribution in [3.05, 3.63) is 55.9 Å². The predicted molar refractivity (Wildman–Crippen MR) is 75.0 cm³/mol. The van der Waals surface area contributed by atoms with Gasteiger partial charge in [-0.2, -0.15) is 0 Å². The van der Waals surface area contributed by atoms with E-state index < -0.39 is 0 Å². The molecule has 0 aliphatic carbocycles. The Kier molecular flexibility index (Phi) is 7.56. The van der Waals surface area contributed by atoms with Gasteiger partial charge in [-0.25, -0.2) is 9.13 Å². The van der Waals surface area contributed by atoms with Crippen LogP contribution in [0.5, 0.6) is 0 Å². The Bertz CT molecular complexity index is 438. The largest absolute Gasteiger partial charge is 0.367 e. The molecule has 0 saturated heterocycles. The van der Waals surface area contributed by atoms with E-state index in [4.69, 9.17) is 0 Å². The molecule has 0 atom stereocenters. The number of aromatic nitrogens is 2. The minimum Gasteiger partial charge on any atom is -0.367 e. The van der Waals surface area contributed by atoms with Crippen molar-refractivity contribution >= 4 is 14.6 Å². The molecule has 2 rings (SSSR count). The summed E-state index contributed by atoms with van der Waals surface area (Å²) in [7, 11) is 4.03. The smallest absolute Gasteiger partial charge is 0.197 e. The molecule has 0 unspecified atom stereocenters. The zero-order valence-electron chi connectivity index (χ0n) is 11.4. The average Bonchev–Trinajstić information content (AvgIpc) is 2.41. The van der Waals surface area contributed by atoms with Gasteiger partial charge in [0.05, 0.1) is 6.44 Å². The molecule has 0 bridgehead atoms. The van der Waals surface area contributed by atoms with Gasteiger partial charge >= 0.3 is 0 Å². The maximum Gasteiger partial charge on any atom is 0.197 e. The summed E-state index contributed by atoms with van der Waals surface area (Å²) in [5.74, 6) is 0. The molecule has 2 heterocycles. The third kappa shape index (κ3) is 4.85. The monoisotopic (exact) mass is 324 g/mol. The quantitative estimate of drug-likeness (QED) is 0.442. The molecule has 2 aromatic heterocycles. The summed E-state index contributed by atoms with van der Waals surface area (Å²) in [6.45, 7) is 5.80. The molecular weight excluding hydrogens is 307 g/mol. The van der Waals surface area contributed by atoms with Gasteiger partial charge in [0.1, 0.15) is 6.44 Å². The second kappa shape index (κ2) is 8.65. The summed E-state index contributed by atoms with van der Waals surface area (Å²) < 4.78 is 4.26. The number of hydrogen-bond donors (Lipinski definition) is 0. The van der Waals surface area contributed by atoms with Crippen molar-refractivity contribution in [2.75, 3.05) is 0 Å². The summed E-state index contributed by atoms with van der Waals surface area (Å²) in [4.78, 5) is 0. The summed E-state index contributed by atoms with van der Waals surface area (Å²) in [5, 5.41) is 0. The van der Waals surface area contributed by atoms with Crippen LogP contribution in [-0.4, -0.2) is 14.6 Å². The van der Waals surface area contributed by atoms with Crippen LogP contribution in [-0.2, 0) is 45.6 Å². The first-order valence-electron chi connectivity index (χ1n) is 6.21. The second-order valence-corrected chi connectivity index (χ2v) is 4.26. The summed E-state index contributed by atoms with van der Waals surface area (Å²) in [6.07, 6.45) is 10.2. The van der Waals surface area contributed by atoms with Crippen LogP contribution in [0.4, 0.5) is 0 Å². The fraction of sp³-hybridized carbons (Fsp3) is 0.214. The zero-order chi connectivity index (χ0) is 12.8. The molecule has 2 nitrogen and oxygen atoms in total. The van der Waals surface area contributed by atoms with Crippen LogP contribution >= 0.6 is 0 Å². The van der Waals surface area contributed by atoms with E-state index >= 15 is 0 Å². The Hall–Kier alpha value is -0.466. The van der Waals surface area contributed by atoms with Gasteiger partial charge in [-0.1, -0.05) is 6.82 Å². The van der Waals surface area contributed by atoms with Gasteiger partial charge in [0.2, 0.25) is 0 Å². The Morgan fingerprint density at radius 3 is 1.68 bits per heavy atom. The molecule has 0 fully saturated rings. The first kappa shape index (κ1) is 16.6. The minimum atomic E-state index is 0. The van der Waals surface area contributed by atoms with Gasteiger partial charge in [-0.15, -0.1) is 0 Å². The molecule has 91 valence electrons. The Labute approximate surface area is 142 Å². The topological polar surface area (TPSA) is 7.76 Å². The van der Waals surface area contributed by atoms with Gasteiger partial charge < -0.3 is 6.82 Å². The molecule has 0 spiro atoms. The Balaban J connectivity index is 0.00000180. The second-order valence-electron chi connectivity index (χ2n) is 4.26. The SMILES string of the molecule is [CH2-][B]C[n+]1ccc(-c2cc[n+](C[B]C)cc2)cc1.[Y]. The van der Waals surface area contributed by atoms with Crippen LogP contribution in [0.25, 0.3) is 11.1 Å². The van der Waals surface area contributed by atoms with Gasteiger partial charge in [-0.3, -0.25) is 0 Å². The minimum absolute atomic E-state index is 0. The van der Waals surface area contributed by atoms with Gasteiger partial charge in [0.25, 0.3) is 0 Å². The van der Waals surface area contributed by atoms with Gasteiger partial charge in [0.15, 0.2) is 32.1 Å². The van der Waals surface area contributed by atoms with Gasteiger partial charge in [-0.05, 0) is 18.4 Å². The normalized spacial score (nSPS) is 9.58. The number of nitrogens with zero attached hydrogens (tertiary/aromatic N) is 2. The van der Waals surface area contributed by atoms with E-state index in [2.05, 4.69) is 79.1 Å². The standard InChI is InChI=1S/C14H17B2N2.Y/c1-15-11-17-7-3-13(4-8-17)14-5-9-18(10-6-14)12-16-2;/h3-10H,1,11-12H2,2H3;/q+1;. The molecule has 0 aliphatic rings. The summed E-state index contributed by atoms with van der Waals surface area (Å²) in [5.41, 5.74) is 2.48. The van der Waals surface area contributed by atoms with E-state index in [0.717, 1.165) is 12.9 Å². The van der Waals surface area contributed by atoms with E-state index in [9.17, 15) is 0 Å². The number of rotatable bonds is 5. The van der Waals surface area contributed by atoms with E-state index in [-0.39, 0.29) is 32.7 Å². The predicted octanol–water partition coefficient (Wildman–Crippen LogP) is 1.09.